The number of nitrogens with one attached hydrogen (secondary N) is 1. The third-order valence-electron chi connectivity index (χ3n) is 6.27. The first-order chi connectivity index (χ1) is 18.6. The van der Waals surface area contributed by atoms with Gasteiger partial charge in [-0.3, -0.25) is 4.79 Å². The van der Waals surface area contributed by atoms with E-state index in [2.05, 4.69) is 27.7 Å². The minimum Gasteiger partial charge on any atom is -0.496 e. The molecular formula is C29H39N5O4. The molecule has 9 nitrogen and oxygen atoms in total. The molecule has 1 aromatic heterocycles. The maximum absolute atomic E-state index is 13.7. The normalized spacial score (nSPS) is 11.9. The second kappa shape index (κ2) is 15.4. The van der Waals surface area contributed by atoms with Gasteiger partial charge in [0.05, 0.1) is 21.3 Å². The first kappa shape index (κ1) is 28.7. The molecule has 1 heterocycles. The third kappa shape index (κ3) is 8.06. The van der Waals surface area contributed by atoms with Gasteiger partial charge < -0.3 is 19.5 Å². The van der Waals surface area contributed by atoms with Crippen LogP contribution in [0.3, 0.4) is 0 Å². The number of carbonyl (C=O) groups excluding carboxylic acids is 1. The van der Waals surface area contributed by atoms with Crippen molar-refractivity contribution in [2.24, 2.45) is 0 Å². The monoisotopic (exact) mass is 521 g/mol. The Morgan fingerprint density at radius 2 is 1.61 bits per heavy atom. The van der Waals surface area contributed by atoms with Gasteiger partial charge in [-0.2, -0.15) is 0 Å². The fourth-order valence-corrected chi connectivity index (χ4v) is 4.19. The Balaban J connectivity index is 1.74. The number of amides is 1. The number of anilines is 1. The standard InChI is InChI=1S/C29H39N5O4/c1-5-6-7-8-9-10-11-12-16-19-34-32-28(31-33-34)26(22-17-14-13-15-18-22)29(35)30-27-24(37-3)20-23(36-2)21-25(27)38-4/h13-21,26H,5-12H2,1-4H3,(H,30,35)/b19-16+. The molecule has 0 aliphatic carbocycles. The summed E-state index contributed by atoms with van der Waals surface area (Å²) in [6, 6.07) is 12.7. The average Bonchev–Trinajstić information content (AvgIpc) is 3.41. The molecule has 3 rings (SSSR count). The molecule has 38 heavy (non-hydrogen) atoms. The van der Waals surface area contributed by atoms with Gasteiger partial charge in [0, 0.05) is 18.3 Å². The van der Waals surface area contributed by atoms with Crippen molar-refractivity contribution in [2.45, 2.75) is 64.2 Å². The summed E-state index contributed by atoms with van der Waals surface area (Å²) in [5.41, 5.74) is 1.13. The molecule has 0 saturated carbocycles. The van der Waals surface area contributed by atoms with Gasteiger partial charge in [-0.1, -0.05) is 81.9 Å². The van der Waals surface area contributed by atoms with Crippen LogP contribution >= 0.6 is 0 Å². The van der Waals surface area contributed by atoms with Crippen LogP contribution in [0.1, 0.15) is 75.6 Å². The van der Waals surface area contributed by atoms with Crippen molar-refractivity contribution in [3.05, 3.63) is 59.9 Å². The highest BCUT2D eigenvalue weighted by Gasteiger charge is 2.29. The van der Waals surface area contributed by atoms with Crippen LogP contribution in [0, 0.1) is 0 Å². The van der Waals surface area contributed by atoms with Crippen molar-refractivity contribution in [1.29, 1.82) is 0 Å². The summed E-state index contributed by atoms with van der Waals surface area (Å²) in [7, 11) is 4.59. The molecule has 1 unspecified atom stereocenters. The highest BCUT2D eigenvalue weighted by Crippen LogP contribution is 2.39. The first-order valence-corrected chi connectivity index (χ1v) is 13.2. The van der Waals surface area contributed by atoms with Gasteiger partial charge in [-0.05, 0) is 23.6 Å². The quantitative estimate of drug-likeness (QED) is 0.228. The summed E-state index contributed by atoms with van der Waals surface area (Å²) in [5.74, 6) is 0.519. The van der Waals surface area contributed by atoms with E-state index in [1.54, 1.807) is 25.4 Å². The van der Waals surface area contributed by atoms with Crippen molar-refractivity contribution in [3.8, 4) is 17.2 Å². The molecule has 0 aliphatic rings. The Morgan fingerprint density at radius 3 is 2.24 bits per heavy atom. The van der Waals surface area contributed by atoms with Crippen LogP contribution in [-0.2, 0) is 4.79 Å². The van der Waals surface area contributed by atoms with Crippen molar-refractivity contribution < 1.29 is 19.0 Å². The first-order valence-electron chi connectivity index (χ1n) is 13.2. The minimum atomic E-state index is -0.794. The number of methoxy groups -OCH3 is 3. The van der Waals surface area contributed by atoms with E-state index in [9.17, 15) is 4.79 Å². The summed E-state index contributed by atoms with van der Waals surface area (Å²) < 4.78 is 16.3. The lowest BCUT2D eigenvalue weighted by molar-refractivity contribution is -0.116. The van der Waals surface area contributed by atoms with E-state index in [0.29, 0.717) is 28.8 Å². The Bertz CT molecular complexity index is 1140. The smallest absolute Gasteiger partial charge is 0.240 e. The van der Waals surface area contributed by atoms with E-state index in [-0.39, 0.29) is 5.91 Å². The predicted octanol–water partition coefficient (Wildman–Crippen LogP) is 6.08. The lowest BCUT2D eigenvalue weighted by Gasteiger charge is -2.18. The highest BCUT2D eigenvalue weighted by molar-refractivity contribution is 6.00. The molecule has 2 aromatic carbocycles. The largest absolute Gasteiger partial charge is 0.496 e. The molecule has 0 fully saturated rings. The van der Waals surface area contributed by atoms with Crippen molar-refractivity contribution >= 4 is 17.8 Å². The molecule has 9 heteroatoms. The van der Waals surface area contributed by atoms with E-state index in [4.69, 9.17) is 14.2 Å². The molecule has 1 N–H and O–H groups in total. The van der Waals surface area contributed by atoms with Crippen LogP contribution in [0.2, 0.25) is 0 Å². The molecule has 1 atom stereocenters. The summed E-state index contributed by atoms with van der Waals surface area (Å²) in [5, 5.41) is 15.8. The fraction of sp³-hybridized carbons (Fsp3) is 0.448. The van der Waals surface area contributed by atoms with Gasteiger partial charge in [0.25, 0.3) is 0 Å². The minimum absolute atomic E-state index is 0.292. The van der Waals surface area contributed by atoms with Gasteiger partial charge in [-0.15, -0.1) is 15.0 Å². The second-order valence-electron chi connectivity index (χ2n) is 9.00. The van der Waals surface area contributed by atoms with Crippen LogP contribution in [-0.4, -0.2) is 47.4 Å². The van der Waals surface area contributed by atoms with Crippen LogP contribution in [0.5, 0.6) is 17.2 Å². The molecule has 1 amide bonds. The van der Waals surface area contributed by atoms with Gasteiger partial charge in [0.2, 0.25) is 5.91 Å². The molecule has 0 saturated heterocycles. The van der Waals surface area contributed by atoms with Gasteiger partial charge in [0.1, 0.15) is 28.9 Å². The number of aromatic nitrogens is 4. The number of ether oxygens (including phenoxy) is 3. The Morgan fingerprint density at radius 1 is 0.947 bits per heavy atom. The fourth-order valence-electron chi connectivity index (χ4n) is 4.19. The molecule has 3 aromatic rings. The van der Waals surface area contributed by atoms with Crippen LogP contribution in [0.25, 0.3) is 6.20 Å². The number of carbonyl (C=O) groups is 1. The number of unbranched alkanes of at least 4 members (excludes halogenated alkanes) is 7. The van der Waals surface area contributed by atoms with Crippen molar-refractivity contribution in [3.63, 3.8) is 0 Å². The molecule has 0 aliphatic heterocycles. The number of hydrogen-bond acceptors (Lipinski definition) is 7. The zero-order chi connectivity index (χ0) is 27.2. The SMILES string of the molecule is CCCCCCCCC/C=C/n1nnc(C(C(=O)Nc2c(OC)cc(OC)cc2OC)c2ccccc2)n1. The Hall–Kier alpha value is -3.88. The number of allylic oxidation sites excluding steroid dienone is 1. The van der Waals surface area contributed by atoms with Gasteiger partial charge >= 0.3 is 0 Å². The van der Waals surface area contributed by atoms with Crippen molar-refractivity contribution in [2.75, 3.05) is 26.6 Å². The third-order valence-corrected chi connectivity index (χ3v) is 6.27. The molecule has 204 valence electrons. The second-order valence-corrected chi connectivity index (χ2v) is 9.00. The molecular weight excluding hydrogens is 482 g/mol. The lowest BCUT2D eigenvalue weighted by Crippen LogP contribution is -2.24. The van der Waals surface area contributed by atoms with Gasteiger partial charge in [0.15, 0.2) is 5.82 Å². The summed E-state index contributed by atoms with van der Waals surface area (Å²) in [4.78, 5) is 15.1. The number of rotatable bonds is 16. The average molecular weight is 522 g/mol. The summed E-state index contributed by atoms with van der Waals surface area (Å²) >= 11 is 0. The van der Waals surface area contributed by atoms with Gasteiger partial charge in [-0.25, -0.2) is 0 Å². The maximum Gasteiger partial charge on any atom is 0.240 e. The highest BCUT2D eigenvalue weighted by atomic mass is 16.5. The van der Waals surface area contributed by atoms with E-state index < -0.39 is 5.92 Å². The van der Waals surface area contributed by atoms with E-state index in [1.165, 1.54) is 57.5 Å². The molecule has 0 bridgehead atoms. The topological polar surface area (TPSA) is 100 Å². The number of nitrogens with zero attached hydrogens (tertiary/aromatic N) is 4. The van der Waals surface area contributed by atoms with Crippen LogP contribution in [0.4, 0.5) is 5.69 Å². The number of tetrazole rings is 1. The Labute approximate surface area is 225 Å². The predicted molar refractivity (Wildman–Crippen MR) is 149 cm³/mol. The van der Waals surface area contributed by atoms with Crippen LogP contribution in [0.15, 0.2) is 48.5 Å². The van der Waals surface area contributed by atoms with Crippen molar-refractivity contribution in [1.82, 2.24) is 20.2 Å². The van der Waals surface area contributed by atoms with E-state index in [0.717, 1.165) is 18.4 Å². The summed E-state index contributed by atoms with van der Waals surface area (Å²) in [6.45, 7) is 2.23. The zero-order valence-electron chi connectivity index (χ0n) is 22.9. The summed E-state index contributed by atoms with van der Waals surface area (Å²) in [6.07, 6.45) is 13.6. The molecule has 0 radical (unpaired) electrons. The number of benzene rings is 2. The number of hydrogen-bond donors (Lipinski definition) is 1. The maximum atomic E-state index is 13.7. The molecule has 0 spiro atoms. The van der Waals surface area contributed by atoms with Crippen LogP contribution < -0.4 is 19.5 Å². The zero-order valence-corrected chi connectivity index (χ0v) is 22.9. The lowest BCUT2D eigenvalue weighted by atomic mass is 9.97. The van der Waals surface area contributed by atoms with E-state index in [1.807, 2.05) is 36.4 Å². The van der Waals surface area contributed by atoms with E-state index >= 15 is 0 Å². The Kier molecular flexibility index (Phi) is 11.6.